The Labute approximate surface area is 88.7 Å². The second-order valence-corrected chi connectivity index (χ2v) is 3.18. The van der Waals surface area contributed by atoms with E-state index in [0.29, 0.717) is 0 Å². The smallest absolute Gasteiger partial charge is 0.309 e. The summed E-state index contributed by atoms with van der Waals surface area (Å²) in [6, 6.07) is 9.30. The maximum Gasteiger partial charge on any atom is 0.309 e. The molecule has 0 saturated carbocycles. The minimum Gasteiger partial charge on any atom is -0.351 e. The summed E-state index contributed by atoms with van der Waals surface area (Å²) < 4.78 is 0. The number of likely N-dealkylation sites (N-methyl/N-ethyl adjacent to an activating group) is 1. The molecule has 1 atom stereocenters. The first-order chi connectivity index (χ1) is 7.15. The van der Waals surface area contributed by atoms with Crippen molar-refractivity contribution in [3.8, 4) is 0 Å². The van der Waals surface area contributed by atoms with Crippen LogP contribution in [0.25, 0.3) is 0 Å². The lowest BCUT2D eigenvalue weighted by Crippen LogP contribution is -2.39. The van der Waals surface area contributed by atoms with Gasteiger partial charge in [0.15, 0.2) is 0 Å². The highest BCUT2D eigenvalue weighted by Crippen LogP contribution is 2.10. The van der Waals surface area contributed by atoms with E-state index in [1.165, 1.54) is 7.05 Å². The van der Waals surface area contributed by atoms with Gasteiger partial charge in [-0.2, -0.15) is 0 Å². The minimum absolute atomic E-state index is 0.170. The SMILES string of the molecule is CNC(=O)C(=O)N[C@H](C)c1ccccc1. The second-order valence-electron chi connectivity index (χ2n) is 3.18. The molecule has 0 aromatic heterocycles. The van der Waals surface area contributed by atoms with Gasteiger partial charge in [0.2, 0.25) is 0 Å². The molecule has 1 rings (SSSR count). The second kappa shape index (κ2) is 5.14. The van der Waals surface area contributed by atoms with Crippen LogP contribution in [-0.4, -0.2) is 18.9 Å². The van der Waals surface area contributed by atoms with E-state index in [4.69, 9.17) is 0 Å². The van der Waals surface area contributed by atoms with E-state index in [1.54, 1.807) is 0 Å². The molecule has 0 bridgehead atoms. The molecule has 0 aliphatic rings. The Morgan fingerprint density at radius 2 is 1.73 bits per heavy atom. The fraction of sp³-hybridized carbons (Fsp3) is 0.273. The number of amides is 2. The van der Waals surface area contributed by atoms with Gasteiger partial charge in [0, 0.05) is 7.05 Å². The lowest BCUT2D eigenvalue weighted by atomic mass is 10.1. The van der Waals surface area contributed by atoms with E-state index in [-0.39, 0.29) is 6.04 Å². The highest BCUT2D eigenvalue weighted by atomic mass is 16.2. The molecule has 4 nitrogen and oxygen atoms in total. The van der Waals surface area contributed by atoms with Crippen LogP contribution in [0.15, 0.2) is 30.3 Å². The minimum atomic E-state index is -0.627. The zero-order chi connectivity index (χ0) is 11.3. The lowest BCUT2D eigenvalue weighted by molar-refractivity contribution is -0.139. The Morgan fingerprint density at radius 3 is 2.27 bits per heavy atom. The molecule has 0 aliphatic heterocycles. The van der Waals surface area contributed by atoms with E-state index in [0.717, 1.165) is 5.56 Å². The van der Waals surface area contributed by atoms with E-state index >= 15 is 0 Å². The van der Waals surface area contributed by atoms with Gasteiger partial charge in [-0.15, -0.1) is 0 Å². The fourth-order valence-corrected chi connectivity index (χ4v) is 1.20. The van der Waals surface area contributed by atoms with Crippen LogP contribution >= 0.6 is 0 Å². The van der Waals surface area contributed by atoms with Crippen LogP contribution in [0, 0.1) is 0 Å². The summed E-state index contributed by atoms with van der Waals surface area (Å²) in [5, 5.41) is 4.87. The van der Waals surface area contributed by atoms with Crippen molar-refractivity contribution in [1.82, 2.24) is 10.6 Å². The number of carbonyl (C=O) groups excluding carboxylic acids is 2. The molecule has 0 radical (unpaired) electrons. The Morgan fingerprint density at radius 1 is 1.13 bits per heavy atom. The molecule has 80 valence electrons. The van der Waals surface area contributed by atoms with Crippen LogP contribution in [0.3, 0.4) is 0 Å². The van der Waals surface area contributed by atoms with Gasteiger partial charge in [-0.05, 0) is 12.5 Å². The summed E-state index contributed by atoms with van der Waals surface area (Å²) >= 11 is 0. The quantitative estimate of drug-likeness (QED) is 0.696. The number of benzene rings is 1. The molecular weight excluding hydrogens is 192 g/mol. The standard InChI is InChI=1S/C11H14N2O2/c1-8(9-6-4-3-5-7-9)13-11(15)10(14)12-2/h3-8H,1-2H3,(H,12,14)(H,13,15)/t8-/m1/s1. The number of carbonyl (C=O) groups is 2. The van der Waals surface area contributed by atoms with Crippen LogP contribution < -0.4 is 10.6 Å². The summed E-state index contributed by atoms with van der Waals surface area (Å²) in [7, 11) is 1.43. The molecule has 0 fully saturated rings. The van der Waals surface area contributed by atoms with Crippen molar-refractivity contribution in [2.24, 2.45) is 0 Å². The first-order valence-corrected chi connectivity index (χ1v) is 4.72. The van der Waals surface area contributed by atoms with Crippen molar-refractivity contribution >= 4 is 11.8 Å². The van der Waals surface area contributed by atoms with Gasteiger partial charge in [0.1, 0.15) is 0 Å². The lowest BCUT2D eigenvalue weighted by Gasteiger charge is -2.13. The van der Waals surface area contributed by atoms with Crippen molar-refractivity contribution in [3.63, 3.8) is 0 Å². The molecule has 0 aliphatic carbocycles. The molecule has 0 unspecified atom stereocenters. The Bertz CT molecular complexity index is 349. The van der Waals surface area contributed by atoms with Crippen LogP contribution in [0.1, 0.15) is 18.5 Å². The first kappa shape index (κ1) is 11.2. The highest BCUT2D eigenvalue weighted by molar-refractivity contribution is 6.35. The molecule has 1 aromatic carbocycles. The maximum absolute atomic E-state index is 11.2. The van der Waals surface area contributed by atoms with Gasteiger partial charge in [-0.3, -0.25) is 9.59 Å². The molecule has 0 saturated heterocycles. The largest absolute Gasteiger partial charge is 0.351 e. The number of nitrogens with one attached hydrogen (secondary N) is 2. The molecule has 0 spiro atoms. The van der Waals surface area contributed by atoms with Crippen LogP contribution in [0.4, 0.5) is 0 Å². The van der Waals surface area contributed by atoms with Crippen molar-refractivity contribution in [2.45, 2.75) is 13.0 Å². The maximum atomic E-state index is 11.2. The van der Waals surface area contributed by atoms with E-state index in [1.807, 2.05) is 37.3 Å². The molecule has 0 heterocycles. The van der Waals surface area contributed by atoms with Crippen LogP contribution in [0.5, 0.6) is 0 Å². The summed E-state index contributed by atoms with van der Waals surface area (Å²) in [4.78, 5) is 22.2. The number of hydrogen-bond donors (Lipinski definition) is 2. The van der Waals surface area contributed by atoms with E-state index in [2.05, 4.69) is 10.6 Å². The van der Waals surface area contributed by atoms with Crippen molar-refractivity contribution in [2.75, 3.05) is 7.05 Å². The third kappa shape index (κ3) is 3.09. The van der Waals surface area contributed by atoms with Crippen molar-refractivity contribution in [3.05, 3.63) is 35.9 Å². The Balaban J connectivity index is 2.60. The van der Waals surface area contributed by atoms with Crippen molar-refractivity contribution in [1.29, 1.82) is 0 Å². The predicted octanol–water partition coefficient (Wildman–Crippen LogP) is 0.610. The molecule has 1 aromatic rings. The van der Waals surface area contributed by atoms with Gasteiger partial charge < -0.3 is 10.6 Å². The predicted molar refractivity (Wildman–Crippen MR) is 57.1 cm³/mol. The third-order valence-electron chi connectivity index (χ3n) is 2.08. The summed E-state index contributed by atoms with van der Waals surface area (Å²) in [5.41, 5.74) is 0.967. The molecule has 2 amide bonds. The summed E-state index contributed by atoms with van der Waals surface area (Å²) in [6.45, 7) is 1.83. The number of hydrogen-bond acceptors (Lipinski definition) is 2. The monoisotopic (exact) mass is 206 g/mol. The van der Waals surface area contributed by atoms with Crippen molar-refractivity contribution < 1.29 is 9.59 Å². The number of rotatable bonds is 2. The highest BCUT2D eigenvalue weighted by Gasteiger charge is 2.14. The zero-order valence-electron chi connectivity index (χ0n) is 8.78. The third-order valence-corrected chi connectivity index (χ3v) is 2.08. The van der Waals surface area contributed by atoms with Gasteiger partial charge in [-0.25, -0.2) is 0 Å². The van der Waals surface area contributed by atoms with E-state index in [9.17, 15) is 9.59 Å². The first-order valence-electron chi connectivity index (χ1n) is 4.72. The average molecular weight is 206 g/mol. The molecule has 2 N–H and O–H groups in total. The fourth-order valence-electron chi connectivity index (χ4n) is 1.20. The molecular formula is C11H14N2O2. The van der Waals surface area contributed by atoms with Gasteiger partial charge in [0.25, 0.3) is 0 Å². The summed E-state index contributed by atoms with van der Waals surface area (Å²) in [5.74, 6) is -1.24. The van der Waals surface area contributed by atoms with Crippen LogP contribution in [0.2, 0.25) is 0 Å². The van der Waals surface area contributed by atoms with Gasteiger partial charge in [0.05, 0.1) is 6.04 Å². The van der Waals surface area contributed by atoms with E-state index < -0.39 is 11.8 Å². The Kier molecular flexibility index (Phi) is 3.85. The average Bonchev–Trinajstić information content (AvgIpc) is 2.29. The van der Waals surface area contributed by atoms with Gasteiger partial charge in [-0.1, -0.05) is 30.3 Å². The van der Waals surface area contributed by atoms with Crippen LogP contribution in [-0.2, 0) is 9.59 Å². The van der Waals surface area contributed by atoms with Gasteiger partial charge >= 0.3 is 11.8 Å². The normalized spacial score (nSPS) is 11.6. The summed E-state index contributed by atoms with van der Waals surface area (Å²) in [6.07, 6.45) is 0. The molecule has 4 heteroatoms. The Hall–Kier alpha value is -1.84. The zero-order valence-corrected chi connectivity index (χ0v) is 8.78. The molecule has 15 heavy (non-hydrogen) atoms. The topological polar surface area (TPSA) is 58.2 Å².